The number of aromatic nitrogens is 1. The minimum absolute atomic E-state index is 0.160. The lowest BCUT2D eigenvalue weighted by Crippen LogP contribution is -2.10. The third-order valence-electron chi connectivity index (χ3n) is 4.17. The van der Waals surface area contributed by atoms with Crippen LogP contribution in [-0.4, -0.2) is 10.9 Å². The number of pyridine rings is 1. The molecule has 1 amide bonds. The fourth-order valence-corrected chi connectivity index (χ4v) is 4.82. The molecule has 0 aliphatic carbocycles. The number of nitrogens with one attached hydrogen (secondary N) is 1. The van der Waals surface area contributed by atoms with E-state index in [4.69, 9.17) is 11.6 Å². The van der Waals surface area contributed by atoms with Crippen LogP contribution >= 0.6 is 38.9 Å². The first-order valence-electron chi connectivity index (χ1n) is 7.99. The molecule has 0 aliphatic heterocycles. The molecule has 2 aromatic carbocycles. The number of fused-ring (bicyclic) bond motifs is 3. The Bertz CT molecular complexity index is 1190. The third-order valence-corrected chi connectivity index (χ3v) is 6.28. The molecule has 4 rings (SSSR count). The van der Waals surface area contributed by atoms with E-state index in [0.29, 0.717) is 10.0 Å². The molecule has 0 radical (unpaired) electrons. The number of thiophene rings is 1. The van der Waals surface area contributed by atoms with Gasteiger partial charge in [0, 0.05) is 19.9 Å². The first kappa shape index (κ1) is 17.5. The first-order chi connectivity index (χ1) is 12.4. The highest BCUT2D eigenvalue weighted by atomic mass is 79.9. The lowest BCUT2D eigenvalue weighted by molar-refractivity contribution is 0.103. The predicted octanol–water partition coefficient (Wildman–Crippen LogP) is 6.73. The highest BCUT2D eigenvalue weighted by molar-refractivity contribution is 9.10. The second-order valence-electron chi connectivity index (χ2n) is 6.21. The minimum atomic E-state index is -0.160. The van der Waals surface area contributed by atoms with E-state index in [1.54, 1.807) is 0 Å². The molecule has 0 saturated heterocycles. The van der Waals surface area contributed by atoms with Crippen LogP contribution < -0.4 is 5.32 Å². The number of aryl methyl sites for hydroxylation is 2. The van der Waals surface area contributed by atoms with Crippen molar-refractivity contribution in [2.24, 2.45) is 0 Å². The van der Waals surface area contributed by atoms with Gasteiger partial charge in [0.25, 0.3) is 5.91 Å². The molecule has 26 heavy (non-hydrogen) atoms. The third kappa shape index (κ3) is 3.11. The Morgan fingerprint density at radius 3 is 2.58 bits per heavy atom. The van der Waals surface area contributed by atoms with Crippen molar-refractivity contribution in [2.45, 2.75) is 13.8 Å². The van der Waals surface area contributed by atoms with Gasteiger partial charge in [0.15, 0.2) is 0 Å². The SMILES string of the molecule is Cc1ccc(NC(=O)c2cc3c(Cl)nc4ccc(C)cc4c3s2)c(Br)c1. The van der Waals surface area contributed by atoms with Crippen molar-refractivity contribution in [1.82, 2.24) is 4.98 Å². The number of carbonyl (C=O) groups excluding carboxylic acids is 1. The molecule has 0 aliphatic rings. The maximum absolute atomic E-state index is 12.8. The van der Waals surface area contributed by atoms with Crippen molar-refractivity contribution >= 4 is 71.5 Å². The van der Waals surface area contributed by atoms with Gasteiger partial charge in [-0.2, -0.15) is 0 Å². The highest BCUT2D eigenvalue weighted by Gasteiger charge is 2.16. The maximum atomic E-state index is 12.8. The molecule has 4 aromatic rings. The van der Waals surface area contributed by atoms with Gasteiger partial charge in [-0.25, -0.2) is 4.98 Å². The number of amides is 1. The molecule has 0 saturated carbocycles. The molecule has 2 aromatic heterocycles. The Labute approximate surface area is 168 Å². The van der Waals surface area contributed by atoms with Crippen LogP contribution in [0.25, 0.3) is 21.0 Å². The van der Waals surface area contributed by atoms with Gasteiger partial charge < -0.3 is 5.32 Å². The molecule has 0 atom stereocenters. The second kappa shape index (κ2) is 6.65. The average molecular weight is 446 g/mol. The summed E-state index contributed by atoms with van der Waals surface area (Å²) in [5, 5.41) is 5.20. The Balaban J connectivity index is 1.79. The number of halogens is 2. The molecule has 3 nitrogen and oxygen atoms in total. The summed E-state index contributed by atoms with van der Waals surface area (Å²) in [5.41, 5.74) is 3.84. The molecule has 0 bridgehead atoms. The van der Waals surface area contributed by atoms with E-state index in [2.05, 4.69) is 32.3 Å². The normalized spacial score (nSPS) is 11.2. The summed E-state index contributed by atoms with van der Waals surface area (Å²) in [6.07, 6.45) is 0. The van der Waals surface area contributed by atoms with E-state index in [1.165, 1.54) is 11.3 Å². The largest absolute Gasteiger partial charge is 0.320 e. The summed E-state index contributed by atoms with van der Waals surface area (Å²) in [6, 6.07) is 13.7. The summed E-state index contributed by atoms with van der Waals surface area (Å²) in [7, 11) is 0. The van der Waals surface area contributed by atoms with Gasteiger partial charge in [-0.3, -0.25) is 4.79 Å². The lowest BCUT2D eigenvalue weighted by Gasteiger charge is -2.06. The van der Waals surface area contributed by atoms with E-state index >= 15 is 0 Å². The van der Waals surface area contributed by atoms with Crippen LogP contribution in [0, 0.1) is 13.8 Å². The number of hydrogen-bond acceptors (Lipinski definition) is 3. The molecular formula is C20H14BrClN2OS. The van der Waals surface area contributed by atoms with E-state index < -0.39 is 0 Å². The Morgan fingerprint density at radius 2 is 1.81 bits per heavy atom. The van der Waals surface area contributed by atoms with E-state index in [9.17, 15) is 4.79 Å². The van der Waals surface area contributed by atoms with Crippen LogP contribution in [0.5, 0.6) is 0 Å². The van der Waals surface area contributed by atoms with Crippen molar-refractivity contribution in [3.8, 4) is 0 Å². The van der Waals surface area contributed by atoms with Gasteiger partial charge in [-0.05, 0) is 65.7 Å². The van der Waals surface area contributed by atoms with Crippen LogP contribution in [-0.2, 0) is 0 Å². The molecule has 6 heteroatoms. The molecule has 0 unspecified atom stereocenters. The van der Waals surface area contributed by atoms with Gasteiger partial charge in [0.1, 0.15) is 5.15 Å². The fraction of sp³-hybridized carbons (Fsp3) is 0.100. The molecule has 130 valence electrons. The van der Waals surface area contributed by atoms with Crippen molar-refractivity contribution in [3.63, 3.8) is 0 Å². The number of nitrogens with zero attached hydrogens (tertiary/aromatic N) is 1. The summed E-state index contributed by atoms with van der Waals surface area (Å²) in [5.74, 6) is -0.160. The van der Waals surface area contributed by atoms with Crippen molar-refractivity contribution in [2.75, 3.05) is 5.32 Å². The van der Waals surface area contributed by atoms with Crippen molar-refractivity contribution < 1.29 is 4.79 Å². The zero-order chi connectivity index (χ0) is 18.4. The molecule has 0 fully saturated rings. The van der Waals surface area contributed by atoms with Crippen LogP contribution in [0.15, 0.2) is 46.9 Å². The smallest absolute Gasteiger partial charge is 0.265 e. The zero-order valence-corrected chi connectivity index (χ0v) is 17.2. The van der Waals surface area contributed by atoms with E-state index in [0.717, 1.165) is 42.3 Å². The van der Waals surface area contributed by atoms with Gasteiger partial charge >= 0.3 is 0 Å². The average Bonchev–Trinajstić information content (AvgIpc) is 3.05. The van der Waals surface area contributed by atoms with E-state index in [-0.39, 0.29) is 5.91 Å². The van der Waals surface area contributed by atoms with Crippen molar-refractivity contribution in [3.05, 3.63) is 68.1 Å². The van der Waals surface area contributed by atoms with Gasteiger partial charge in [0.05, 0.1) is 16.1 Å². The Morgan fingerprint density at radius 1 is 1.08 bits per heavy atom. The maximum Gasteiger partial charge on any atom is 0.265 e. The number of anilines is 1. The summed E-state index contributed by atoms with van der Waals surface area (Å²) < 4.78 is 1.84. The van der Waals surface area contributed by atoms with E-state index in [1.807, 2.05) is 50.2 Å². The number of carbonyl (C=O) groups is 1. The Hall–Kier alpha value is -1.95. The molecule has 1 N–H and O–H groups in total. The van der Waals surface area contributed by atoms with Crippen LogP contribution in [0.1, 0.15) is 20.8 Å². The predicted molar refractivity (Wildman–Crippen MR) is 114 cm³/mol. The van der Waals surface area contributed by atoms with Gasteiger partial charge in [-0.15, -0.1) is 11.3 Å². The Kier molecular flexibility index (Phi) is 4.47. The van der Waals surface area contributed by atoms with Crippen LogP contribution in [0.2, 0.25) is 5.15 Å². The molecule has 2 heterocycles. The molecule has 0 spiro atoms. The monoisotopic (exact) mass is 444 g/mol. The van der Waals surface area contributed by atoms with Crippen molar-refractivity contribution in [1.29, 1.82) is 0 Å². The number of benzene rings is 2. The highest BCUT2D eigenvalue weighted by Crippen LogP contribution is 2.36. The van der Waals surface area contributed by atoms with Crippen LogP contribution in [0.3, 0.4) is 0 Å². The summed E-state index contributed by atoms with van der Waals surface area (Å²) in [6.45, 7) is 4.04. The zero-order valence-electron chi connectivity index (χ0n) is 14.1. The quantitative estimate of drug-likeness (QED) is 0.347. The first-order valence-corrected chi connectivity index (χ1v) is 9.98. The second-order valence-corrected chi connectivity index (χ2v) is 8.48. The summed E-state index contributed by atoms with van der Waals surface area (Å²) >= 11 is 11.3. The van der Waals surface area contributed by atoms with Gasteiger partial charge in [-0.1, -0.05) is 29.3 Å². The fourth-order valence-electron chi connectivity index (χ4n) is 2.86. The summed E-state index contributed by atoms with van der Waals surface area (Å²) in [4.78, 5) is 17.8. The van der Waals surface area contributed by atoms with Gasteiger partial charge in [0.2, 0.25) is 0 Å². The van der Waals surface area contributed by atoms with Crippen LogP contribution in [0.4, 0.5) is 5.69 Å². The standard InChI is InChI=1S/C20H14BrClN2OS/c1-10-3-5-15-12(7-10)18-13(19(22)23-15)9-17(26-18)20(25)24-16-6-4-11(2)8-14(16)21/h3-9H,1-2H3,(H,24,25). The lowest BCUT2D eigenvalue weighted by atomic mass is 10.1. The number of hydrogen-bond donors (Lipinski definition) is 1. The minimum Gasteiger partial charge on any atom is -0.320 e. The number of rotatable bonds is 2. The topological polar surface area (TPSA) is 42.0 Å². The molecular weight excluding hydrogens is 432 g/mol.